The van der Waals surface area contributed by atoms with Crippen LogP contribution in [-0.2, 0) is 4.79 Å². The lowest BCUT2D eigenvalue weighted by atomic mass is 10.2. The first-order valence-electron chi connectivity index (χ1n) is 7.87. The van der Waals surface area contributed by atoms with Crippen LogP contribution in [0.5, 0.6) is 5.75 Å². The first kappa shape index (κ1) is 15.1. The molecule has 3 rings (SSSR count). The predicted octanol–water partition coefficient (Wildman–Crippen LogP) is 0.632. The summed E-state index contributed by atoms with van der Waals surface area (Å²) >= 11 is 0. The molecular weight excluding hydrogens is 280 g/mol. The first-order valence-corrected chi connectivity index (χ1v) is 7.87. The molecule has 1 saturated heterocycles. The number of nitrogen functional groups attached to an aromatic ring is 1. The van der Waals surface area contributed by atoms with E-state index in [1.165, 1.54) is 0 Å². The zero-order valence-electron chi connectivity index (χ0n) is 13.1. The normalized spacial score (nSPS) is 19.9. The van der Waals surface area contributed by atoms with Crippen molar-refractivity contribution in [1.29, 1.82) is 0 Å². The summed E-state index contributed by atoms with van der Waals surface area (Å²) in [7, 11) is 2.16. The second kappa shape index (κ2) is 6.54. The third-order valence-electron chi connectivity index (χ3n) is 4.38. The van der Waals surface area contributed by atoms with Crippen molar-refractivity contribution >= 4 is 17.3 Å². The molecule has 1 aromatic carbocycles. The minimum Gasteiger partial charge on any atom is -0.482 e. The number of ether oxygens (including phenoxy) is 1. The van der Waals surface area contributed by atoms with E-state index in [1.807, 2.05) is 17.0 Å². The summed E-state index contributed by atoms with van der Waals surface area (Å²) < 4.78 is 5.47. The maximum atomic E-state index is 12.1. The molecule has 0 radical (unpaired) electrons. The second-order valence-electron chi connectivity index (χ2n) is 6.06. The van der Waals surface area contributed by atoms with Crippen molar-refractivity contribution in [2.75, 3.05) is 63.6 Å². The average molecular weight is 304 g/mol. The molecule has 2 aliphatic heterocycles. The van der Waals surface area contributed by atoms with E-state index in [0.717, 1.165) is 50.6 Å². The number of carbonyl (C=O) groups excluding carboxylic acids is 1. The summed E-state index contributed by atoms with van der Waals surface area (Å²) in [5.41, 5.74) is 7.30. The van der Waals surface area contributed by atoms with E-state index in [2.05, 4.69) is 16.8 Å². The SMILES string of the molecule is CN1CCN(CCCN2C(=O)COc3ccc(N)cc32)CC1. The van der Waals surface area contributed by atoms with E-state index in [9.17, 15) is 4.79 Å². The van der Waals surface area contributed by atoms with Gasteiger partial charge in [-0.2, -0.15) is 0 Å². The highest BCUT2D eigenvalue weighted by molar-refractivity contribution is 5.98. The lowest BCUT2D eigenvalue weighted by molar-refractivity contribution is -0.121. The van der Waals surface area contributed by atoms with Crippen LogP contribution in [0.15, 0.2) is 18.2 Å². The highest BCUT2D eigenvalue weighted by Gasteiger charge is 2.25. The van der Waals surface area contributed by atoms with Gasteiger partial charge in [-0.3, -0.25) is 4.79 Å². The van der Waals surface area contributed by atoms with Crippen LogP contribution in [0.3, 0.4) is 0 Å². The van der Waals surface area contributed by atoms with Crippen LogP contribution >= 0.6 is 0 Å². The molecule has 2 aliphatic rings. The third kappa shape index (κ3) is 3.34. The molecule has 120 valence electrons. The fraction of sp³-hybridized carbons (Fsp3) is 0.562. The van der Waals surface area contributed by atoms with Gasteiger partial charge in [0.05, 0.1) is 5.69 Å². The molecule has 2 heterocycles. The zero-order valence-corrected chi connectivity index (χ0v) is 13.1. The number of hydrogen-bond acceptors (Lipinski definition) is 5. The van der Waals surface area contributed by atoms with Crippen molar-refractivity contribution < 1.29 is 9.53 Å². The van der Waals surface area contributed by atoms with Crippen LogP contribution in [0.4, 0.5) is 11.4 Å². The molecule has 1 fully saturated rings. The Kier molecular flexibility index (Phi) is 4.49. The Morgan fingerprint density at radius 2 is 1.95 bits per heavy atom. The van der Waals surface area contributed by atoms with Gasteiger partial charge in [0.1, 0.15) is 5.75 Å². The lowest BCUT2D eigenvalue weighted by Gasteiger charge is -2.33. The number of likely N-dealkylation sites (N-methyl/N-ethyl adjacent to an activating group) is 1. The Morgan fingerprint density at radius 3 is 2.73 bits per heavy atom. The number of hydrogen-bond donors (Lipinski definition) is 1. The van der Waals surface area contributed by atoms with Gasteiger partial charge in [0.25, 0.3) is 5.91 Å². The topological polar surface area (TPSA) is 62.0 Å². The quantitative estimate of drug-likeness (QED) is 0.827. The minimum absolute atomic E-state index is 0.0106. The number of carbonyl (C=O) groups is 1. The second-order valence-corrected chi connectivity index (χ2v) is 6.06. The molecule has 0 saturated carbocycles. The van der Waals surface area contributed by atoms with Gasteiger partial charge in [0, 0.05) is 38.4 Å². The van der Waals surface area contributed by atoms with Crippen LogP contribution in [0.1, 0.15) is 6.42 Å². The summed E-state index contributed by atoms with van der Waals surface area (Å²) in [6, 6.07) is 5.46. The van der Waals surface area contributed by atoms with Crippen molar-refractivity contribution in [2.24, 2.45) is 0 Å². The van der Waals surface area contributed by atoms with Crippen molar-refractivity contribution in [2.45, 2.75) is 6.42 Å². The van der Waals surface area contributed by atoms with Crippen LogP contribution in [-0.4, -0.2) is 68.6 Å². The van der Waals surface area contributed by atoms with Gasteiger partial charge in [-0.15, -0.1) is 0 Å². The molecule has 0 atom stereocenters. The predicted molar refractivity (Wildman–Crippen MR) is 87.3 cm³/mol. The molecule has 0 spiro atoms. The highest BCUT2D eigenvalue weighted by atomic mass is 16.5. The maximum absolute atomic E-state index is 12.1. The number of nitrogens with two attached hydrogens (primary N) is 1. The fourth-order valence-electron chi connectivity index (χ4n) is 2.99. The van der Waals surface area contributed by atoms with Crippen molar-refractivity contribution in [3.63, 3.8) is 0 Å². The van der Waals surface area contributed by atoms with Crippen LogP contribution in [0.25, 0.3) is 0 Å². The van der Waals surface area contributed by atoms with E-state index < -0.39 is 0 Å². The number of rotatable bonds is 4. The average Bonchev–Trinajstić information content (AvgIpc) is 2.51. The Bertz CT molecular complexity index is 541. The van der Waals surface area contributed by atoms with Crippen LogP contribution in [0.2, 0.25) is 0 Å². The monoisotopic (exact) mass is 304 g/mol. The molecule has 22 heavy (non-hydrogen) atoms. The third-order valence-corrected chi connectivity index (χ3v) is 4.38. The van der Waals surface area contributed by atoms with E-state index in [4.69, 9.17) is 10.5 Å². The molecule has 0 aromatic heterocycles. The summed E-state index contributed by atoms with van der Waals surface area (Å²) in [4.78, 5) is 18.8. The van der Waals surface area contributed by atoms with E-state index >= 15 is 0 Å². The molecule has 0 unspecified atom stereocenters. The summed E-state index contributed by atoms with van der Waals surface area (Å²) in [5.74, 6) is 0.755. The van der Waals surface area contributed by atoms with Gasteiger partial charge in [-0.25, -0.2) is 0 Å². The molecule has 0 bridgehead atoms. The number of nitrogens with zero attached hydrogens (tertiary/aromatic N) is 3. The van der Waals surface area contributed by atoms with Gasteiger partial charge in [0.15, 0.2) is 6.61 Å². The lowest BCUT2D eigenvalue weighted by Crippen LogP contribution is -2.46. The first-order chi connectivity index (χ1) is 10.6. The number of piperazine rings is 1. The summed E-state index contributed by atoms with van der Waals surface area (Å²) in [6.07, 6.45) is 0.962. The molecule has 6 heteroatoms. The van der Waals surface area contributed by atoms with E-state index in [1.54, 1.807) is 6.07 Å². The van der Waals surface area contributed by atoms with E-state index in [0.29, 0.717) is 12.2 Å². The number of fused-ring (bicyclic) bond motifs is 1. The Morgan fingerprint density at radius 1 is 1.18 bits per heavy atom. The molecule has 1 aromatic rings. The number of anilines is 2. The Hall–Kier alpha value is -1.79. The van der Waals surface area contributed by atoms with Crippen LogP contribution < -0.4 is 15.4 Å². The van der Waals surface area contributed by atoms with Crippen molar-refractivity contribution in [3.05, 3.63) is 18.2 Å². The molecule has 1 amide bonds. The molecule has 0 aliphatic carbocycles. The van der Waals surface area contributed by atoms with E-state index in [-0.39, 0.29) is 12.5 Å². The fourth-order valence-corrected chi connectivity index (χ4v) is 2.99. The Labute approximate surface area is 131 Å². The van der Waals surface area contributed by atoms with Gasteiger partial charge in [0.2, 0.25) is 0 Å². The van der Waals surface area contributed by atoms with Gasteiger partial charge < -0.3 is 25.2 Å². The number of benzene rings is 1. The molecule has 2 N–H and O–H groups in total. The largest absolute Gasteiger partial charge is 0.482 e. The van der Waals surface area contributed by atoms with Gasteiger partial charge >= 0.3 is 0 Å². The standard InChI is InChI=1S/C16H24N4O2/c1-18-7-9-19(10-8-18)5-2-6-20-14-11-13(17)3-4-15(14)22-12-16(20)21/h3-4,11H,2,5-10,12,17H2,1H3. The smallest absolute Gasteiger partial charge is 0.265 e. The van der Waals surface area contributed by atoms with Crippen molar-refractivity contribution in [1.82, 2.24) is 9.80 Å². The minimum atomic E-state index is 0.0106. The highest BCUT2D eigenvalue weighted by Crippen LogP contribution is 2.33. The molecular formula is C16H24N4O2. The van der Waals surface area contributed by atoms with Crippen molar-refractivity contribution in [3.8, 4) is 5.75 Å². The summed E-state index contributed by atoms with van der Waals surface area (Å²) in [5, 5.41) is 0. The Balaban J connectivity index is 1.58. The van der Waals surface area contributed by atoms with Gasteiger partial charge in [-0.1, -0.05) is 0 Å². The van der Waals surface area contributed by atoms with Gasteiger partial charge in [-0.05, 0) is 38.2 Å². The van der Waals surface area contributed by atoms with Crippen LogP contribution in [0, 0.1) is 0 Å². The maximum Gasteiger partial charge on any atom is 0.265 e. The molecule has 6 nitrogen and oxygen atoms in total. The summed E-state index contributed by atoms with van der Waals surface area (Å²) in [6.45, 7) is 6.31. The zero-order chi connectivity index (χ0) is 15.5. The number of amides is 1.